The number of hydrogen-bond donors (Lipinski definition) is 1. The number of halogens is 1. The van der Waals surface area contributed by atoms with Gasteiger partial charge in [-0.2, -0.15) is 0 Å². The van der Waals surface area contributed by atoms with E-state index in [2.05, 4.69) is 25.6 Å². The Balaban J connectivity index is 2.11. The van der Waals surface area contributed by atoms with E-state index >= 15 is 0 Å². The van der Waals surface area contributed by atoms with Gasteiger partial charge in [-0.15, -0.1) is 0 Å². The molecule has 21 heavy (non-hydrogen) atoms. The number of nitrogens with one attached hydrogen (secondary N) is 1. The fraction of sp³-hybridized carbons (Fsp3) is 0.500. The zero-order valence-corrected chi connectivity index (χ0v) is 13.9. The summed E-state index contributed by atoms with van der Waals surface area (Å²) < 4.78 is 27.3. The van der Waals surface area contributed by atoms with E-state index in [1.54, 1.807) is 0 Å². The maximum absolute atomic E-state index is 12.2. The van der Waals surface area contributed by atoms with Crippen LogP contribution in [-0.2, 0) is 10.0 Å². The highest BCUT2D eigenvalue weighted by Crippen LogP contribution is 2.27. The quantitative estimate of drug-likeness (QED) is 0.576. The van der Waals surface area contributed by atoms with Crippen molar-refractivity contribution in [3.63, 3.8) is 0 Å². The van der Waals surface area contributed by atoms with Crippen molar-refractivity contribution in [3.05, 3.63) is 32.8 Å². The zero-order valence-electron chi connectivity index (χ0n) is 11.5. The summed E-state index contributed by atoms with van der Waals surface area (Å²) in [6, 6.07) is 4.40. The Kier molecular flexibility index (Phi) is 4.97. The van der Waals surface area contributed by atoms with Crippen molar-refractivity contribution in [2.75, 3.05) is 20.1 Å². The minimum absolute atomic E-state index is 0.221. The van der Waals surface area contributed by atoms with Gasteiger partial charge in [0.15, 0.2) is 4.90 Å². The van der Waals surface area contributed by atoms with E-state index in [0.29, 0.717) is 17.1 Å². The molecule has 1 saturated carbocycles. The van der Waals surface area contributed by atoms with Crippen molar-refractivity contribution in [3.8, 4) is 0 Å². The Morgan fingerprint density at radius 3 is 2.71 bits per heavy atom. The van der Waals surface area contributed by atoms with Crippen molar-refractivity contribution >= 4 is 31.6 Å². The minimum Gasteiger partial charge on any atom is -0.302 e. The molecule has 0 radical (unpaired) electrons. The molecular formula is C12H16BrN3O4S. The van der Waals surface area contributed by atoms with Gasteiger partial charge in [-0.25, -0.2) is 13.1 Å². The van der Waals surface area contributed by atoms with Crippen molar-refractivity contribution in [1.82, 2.24) is 9.62 Å². The van der Waals surface area contributed by atoms with E-state index < -0.39 is 20.6 Å². The second-order valence-corrected chi connectivity index (χ2v) is 7.63. The molecule has 9 heteroatoms. The van der Waals surface area contributed by atoms with Gasteiger partial charge in [0.1, 0.15) is 0 Å². The molecule has 0 aliphatic heterocycles. The third-order valence-corrected chi connectivity index (χ3v) is 5.32. The largest absolute Gasteiger partial charge is 0.302 e. The number of rotatable bonds is 7. The van der Waals surface area contributed by atoms with Crippen LogP contribution in [0.1, 0.15) is 12.8 Å². The van der Waals surface area contributed by atoms with Gasteiger partial charge in [-0.05, 0) is 32.0 Å². The van der Waals surface area contributed by atoms with Crippen molar-refractivity contribution in [1.29, 1.82) is 0 Å². The number of nitrogens with zero attached hydrogens (tertiary/aromatic N) is 2. The van der Waals surface area contributed by atoms with Crippen LogP contribution >= 0.6 is 15.9 Å². The van der Waals surface area contributed by atoms with Crippen LogP contribution < -0.4 is 4.72 Å². The first-order valence-corrected chi connectivity index (χ1v) is 8.73. The maximum Gasteiger partial charge on any atom is 0.289 e. The molecule has 0 atom stereocenters. The standard InChI is InChI=1S/C12H16BrN3O4S/c1-15(10-3-4-10)7-6-14-21(19,20)12-8-9(13)2-5-11(12)16(17)18/h2,5,8,10,14H,3-4,6-7H2,1H3. The molecule has 2 rings (SSSR count). The van der Waals surface area contributed by atoms with E-state index in [1.165, 1.54) is 18.2 Å². The van der Waals surface area contributed by atoms with E-state index in [-0.39, 0.29) is 11.4 Å². The summed E-state index contributed by atoms with van der Waals surface area (Å²) in [6.45, 7) is 0.796. The molecule has 0 saturated heterocycles. The molecule has 1 aliphatic carbocycles. The van der Waals surface area contributed by atoms with Crippen LogP contribution in [0, 0.1) is 10.1 Å². The summed E-state index contributed by atoms with van der Waals surface area (Å²) >= 11 is 3.13. The lowest BCUT2D eigenvalue weighted by atomic mass is 10.3. The van der Waals surface area contributed by atoms with Crippen LogP contribution in [0.25, 0.3) is 0 Å². The lowest BCUT2D eigenvalue weighted by Gasteiger charge is -2.15. The van der Waals surface area contributed by atoms with Gasteiger partial charge in [-0.1, -0.05) is 15.9 Å². The molecule has 0 bridgehead atoms. The molecule has 1 N–H and O–H groups in total. The van der Waals surface area contributed by atoms with E-state index in [1.807, 2.05) is 7.05 Å². The van der Waals surface area contributed by atoms with Crippen LogP contribution in [-0.4, -0.2) is 44.4 Å². The molecule has 0 aromatic heterocycles. The smallest absolute Gasteiger partial charge is 0.289 e. The average molecular weight is 378 g/mol. The molecule has 1 aromatic rings. The number of nitro benzene ring substituents is 1. The van der Waals surface area contributed by atoms with Crippen LogP contribution in [0.4, 0.5) is 5.69 Å². The molecule has 1 aliphatic rings. The molecule has 0 heterocycles. The molecule has 0 amide bonds. The van der Waals surface area contributed by atoms with Crippen LogP contribution in [0.5, 0.6) is 0 Å². The summed E-state index contributed by atoms with van der Waals surface area (Å²) in [4.78, 5) is 12.0. The van der Waals surface area contributed by atoms with E-state index in [9.17, 15) is 18.5 Å². The Morgan fingerprint density at radius 1 is 1.48 bits per heavy atom. The lowest BCUT2D eigenvalue weighted by Crippen LogP contribution is -2.34. The summed E-state index contributed by atoms with van der Waals surface area (Å²) in [5.41, 5.74) is -0.429. The predicted molar refractivity (Wildman–Crippen MR) is 81.6 cm³/mol. The maximum atomic E-state index is 12.2. The Labute approximate surface area is 131 Å². The summed E-state index contributed by atoms with van der Waals surface area (Å²) in [6.07, 6.45) is 2.28. The summed E-state index contributed by atoms with van der Waals surface area (Å²) in [7, 11) is -1.97. The number of benzene rings is 1. The van der Waals surface area contributed by atoms with Crippen molar-refractivity contribution in [2.45, 2.75) is 23.8 Å². The average Bonchev–Trinajstić information content (AvgIpc) is 3.22. The van der Waals surface area contributed by atoms with Gasteiger partial charge in [0.2, 0.25) is 10.0 Å². The highest BCUT2D eigenvalue weighted by atomic mass is 79.9. The fourth-order valence-electron chi connectivity index (χ4n) is 1.99. The first-order valence-electron chi connectivity index (χ1n) is 6.45. The third kappa shape index (κ3) is 4.22. The van der Waals surface area contributed by atoms with Crippen molar-refractivity contribution < 1.29 is 13.3 Å². The molecular weight excluding hydrogens is 362 g/mol. The Hall–Kier alpha value is -1.03. The second kappa shape index (κ2) is 6.39. The normalized spacial score (nSPS) is 15.4. The number of nitro groups is 1. The topological polar surface area (TPSA) is 92.6 Å². The van der Waals surface area contributed by atoms with Gasteiger partial charge in [0.05, 0.1) is 4.92 Å². The minimum atomic E-state index is -3.91. The second-order valence-electron chi connectivity index (χ2n) is 4.98. The third-order valence-electron chi connectivity index (χ3n) is 3.33. The van der Waals surface area contributed by atoms with Gasteiger partial charge in [0, 0.05) is 29.7 Å². The van der Waals surface area contributed by atoms with E-state index in [4.69, 9.17) is 0 Å². The van der Waals surface area contributed by atoms with Gasteiger partial charge >= 0.3 is 0 Å². The zero-order chi connectivity index (χ0) is 15.6. The predicted octanol–water partition coefficient (Wildman–Crippen LogP) is 1.73. The molecule has 116 valence electrons. The van der Waals surface area contributed by atoms with Gasteiger partial charge < -0.3 is 4.90 Å². The van der Waals surface area contributed by atoms with Gasteiger partial charge in [-0.3, -0.25) is 10.1 Å². The number of likely N-dealkylation sites (N-methyl/N-ethyl adjacent to an activating group) is 1. The fourth-order valence-corrected chi connectivity index (χ4v) is 3.71. The molecule has 1 aromatic carbocycles. The molecule has 0 spiro atoms. The summed E-state index contributed by atoms with van der Waals surface area (Å²) in [5.74, 6) is 0. The molecule has 1 fully saturated rings. The molecule has 0 unspecified atom stereocenters. The van der Waals surface area contributed by atoms with E-state index in [0.717, 1.165) is 12.8 Å². The van der Waals surface area contributed by atoms with Crippen molar-refractivity contribution in [2.24, 2.45) is 0 Å². The first kappa shape index (κ1) is 16.3. The highest BCUT2D eigenvalue weighted by Gasteiger charge is 2.28. The van der Waals surface area contributed by atoms with Crippen LogP contribution in [0.3, 0.4) is 0 Å². The Morgan fingerprint density at radius 2 is 2.14 bits per heavy atom. The summed E-state index contributed by atoms with van der Waals surface area (Å²) in [5, 5.41) is 10.9. The molecule has 7 nitrogen and oxygen atoms in total. The lowest BCUT2D eigenvalue weighted by molar-refractivity contribution is -0.387. The first-order chi connectivity index (χ1) is 9.81. The monoisotopic (exact) mass is 377 g/mol. The Bertz CT molecular complexity index is 646. The SMILES string of the molecule is CN(CCNS(=O)(=O)c1cc(Br)ccc1[N+](=O)[O-])C1CC1. The number of sulfonamides is 1. The van der Waals surface area contributed by atoms with Crippen LogP contribution in [0.2, 0.25) is 0 Å². The van der Waals surface area contributed by atoms with Gasteiger partial charge in [0.25, 0.3) is 5.69 Å². The van der Waals surface area contributed by atoms with Crippen LogP contribution in [0.15, 0.2) is 27.6 Å². The number of hydrogen-bond acceptors (Lipinski definition) is 5. The highest BCUT2D eigenvalue weighted by molar-refractivity contribution is 9.10.